The van der Waals surface area contributed by atoms with Gasteiger partial charge in [-0.25, -0.2) is 13.2 Å². The molecule has 0 bridgehead atoms. The number of carbonyl (C=O) groups is 2. The molecule has 1 aliphatic rings. The van der Waals surface area contributed by atoms with Crippen LogP contribution in [-0.4, -0.2) is 44.3 Å². The van der Waals surface area contributed by atoms with Gasteiger partial charge in [0.25, 0.3) is 5.91 Å². The lowest BCUT2D eigenvalue weighted by Gasteiger charge is -2.15. The molecular formula is C23H22N2O5S. The van der Waals surface area contributed by atoms with E-state index >= 15 is 0 Å². The second kappa shape index (κ2) is 8.87. The number of anilines is 1. The molecule has 0 aliphatic carbocycles. The van der Waals surface area contributed by atoms with Crippen LogP contribution in [0.2, 0.25) is 0 Å². The number of amides is 1. The van der Waals surface area contributed by atoms with E-state index in [0.717, 1.165) is 23.6 Å². The summed E-state index contributed by atoms with van der Waals surface area (Å²) in [6, 6.07) is 18.8. The zero-order chi connectivity index (χ0) is 21.8. The first kappa shape index (κ1) is 21.0. The third-order valence-electron chi connectivity index (χ3n) is 5.19. The average molecular weight is 439 g/mol. The van der Waals surface area contributed by atoms with Crippen LogP contribution in [0.4, 0.5) is 5.69 Å². The van der Waals surface area contributed by atoms with Crippen LogP contribution in [0, 0.1) is 0 Å². The molecule has 8 heteroatoms. The van der Waals surface area contributed by atoms with Crippen LogP contribution in [0.1, 0.15) is 23.2 Å². The second-order valence-electron chi connectivity index (χ2n) is 7.29. The smallest absolute Gasteiger partial charge is 0.338 e. The second-order valence-corrected chi connectivity index (χ2v) is 9.22. The molecule has 7 nitrogen and oxygen atoms in total. The summed E-state index contributed by atoms with van der Waals surface area (Å²) < 4.78 is 31.6. The number of hydrogen-bond acceptors (Lipinski definition) is 5. The highest BCUT2D eigenvalue weighted by Gasteiger charge is 2.27. The first-order chi connectivity index (χ1) is 14.9. The Morgan fingerprint density at radius 3 is 2.32 bits per heavy atom. The van der Waals surface area contributed by atoms with Crippen molar-refractivity contribution in [3.05, 3.63) is 72.3 Å². The van der Waals surface area contributed by atoms with Gasteiger partial charge in [0.2, 0.25) is 10.0 Å². The van der Waals surface area contributed by atoms with E-state index < -0.39 is 28.5 Å². The molecule has 4 rings (SSSR count). The van der Waals surface area contributed by atoms with Crippen molar-refractivity contribution in [2.75, 3.05) is 25.0 Å². The van der Waals surface area contributed by atoms with E-state index in [1.807, 2.05) is 36.4 Å². The Morgan fingerprint density at radius 1 is 0.903 bits per heavy atom. The molecule has 1 amide bonds. The number of benzene rings is 3. The van der Waals surface area contributed by atoms with E-state index in [0.29, 0.717) is 18.8 Å². The number of rotatable bonds is 6. The molecule has 0 unspecified atom stereocenters. The van der Waals surface area contributed by atoms with Crippen LogP contribution in [0.5, 0.6) is 0 Å². The van der Waals surface area contributed by atoms with Crippen molar-refractivity contribution in [2.24, 2.45) is 0 Å². The number of sulfonamides is 1. The maximum Gasteiger partial charge on any atom is 0.338 e. The monoisotopic (exact) mass is 438 g/mol. The predicted octanol–water partition coefficient (Wildman–Crippen LogP) is 3.42. The fourth-order valence-corrected chi connectivity index (χ4v) is 5.09. The molecule has 31 heavy (non-hydrogen) atoms. The fraction of sp³-hybridized carbons (Fsp3) is 0.217. The highest BCUT2D eigenvalue weighted by atomic mass is 32.2. The molecule has 0 atom stereocenters. The van der Waals surface area contributed by atoms with Crippen LogP contribution < -0.4 is 5.32 Å². The van der Waals surface area contributed by atoms with Crippen molar-refractivity contribution in [3.63, 3.8) is 0 Å². The van der Waals surface area contributed by atoms with Gasteiger partial charge in [-0.15, -0.1) is 0 Å². The van der Waals surface area contributed by atoms with E-state index in [1.54, 1.807) is 6.07 Å². The first-order valence-electron chi connectivity index (χ1n) is 10.00. The van der Waals surface area contributed by atoms with Gasteiger partial charge in [-0.3, -0.25) is 4.79 Å². The largest absolute Gasteiger partial charge is 0.452 e. The summed E-state index contributed by atoms with van der Waals surface area (Å²) in [6.07, 6.45) is 1.70. The third-order valence-corrected chi connectivity index (χ3v) is 7.10. The maximum atomic E-state index is 12.6. The number of nitrogens with one attached hydrogen (secondary N) is 1. The Balaban J connectivity index is 1.36. The molecule has 1 N–H and O–H groups in total. The van der Waals surface area contributed by atoms with Crippen molar-refractivity contribution in [2.45, 2.75) is 17.7 Å². The molecule has 3 aromatic carbocycles. The molecule has 1 saturated heterocycles. The van der Waals surface area contributed by atoms with E-state index in [-0.39, 0.29) is 10.5 Å². The normalized spacial score (nSPS) is 14.5. The fourth-order valence-electron chi connectivity index (χ4n) is 3.58. The zero-order valence-corrected chi connectivity index (χ0v) is 17.6. The van der Waals surface area contributed by atoms with Crippen molar-refractivity contribution in [3.8, 4) is 0 Å². The van der Waals surface area contributed by atoms with Gasteiger partial charge in [-0.2, -0.15) is 4.31 Å². The van der Waals surface area contributed by atoms with E-state index in [9.17, 15) is 18.0 Å². The molecule has 1 fully saturated rings. The molecule has 160 valence electrons. The minimum Gasteiger partial charge on any atom is -0.452 e. The van der Waals surface area contributed by atoms with Crippen molar-refractivity contribution in [1.29, 1.82) is 0 Å². The number of nitrogens with zero attached hydrogens (tertiary/aromatic N) is 1. The average Bonchev–Trinajstić information content (AvgIpc) is 3.34. The summed E-state index contributed by atoms with van der Waals surface area (Å²) in [5.41, 5.74) is 0.814. The highest BCUT2D eigenvalue weighted by Crippen LogP contribution is 2.23. The number of hydrogen-bond donors (Lipinski definition) is 1. The topological polar surface area (TPSA) is 92.8 Å². The number of ether oxygens (including phenoxy) is 1. The molecule has 0 aromatic heterocycles. The van der Waals surface area contributed by atoms with Crippen molar-refractivity contribution in [1.82, 2.24) is 4.31 Å². The number of fused-ring (bicyclic) bond motifs is 1. The zero-order valence-electron chi connectivity index (χ0n) is 16.8. The standard InChI is InChI=1S/C23H22N2O5S/c26-22(24-21-9-5-7-17-6-1-2-8-20(17)21)16-30-23(27)18-10-12-19(13-11-18)31(28,29)25-14-3-4-15-25/h1-2,5-13H,3-4,14-16H2,(H,24,26). The van der Waals surface area contributed by atoms with E-state index in [2.05, 4.69) is 5.32 Å². The molecule has 1 heterocycles. The van der Waals surface area contributed by atoms with Gasteiger partial charge in [0.15, 0.2) is 6.61 Å². The van der Waals surface area contributed by atoms with Gasteiger partial charge in [0.05, 0.1) is 10.5 Å². The Morgan fingerprint density at radius 2 is 1.58 bits per heavy atom. The minimum absolute atomic E-state index is 0.139. The first-order valence-corrected chi connectivity index (χ1v) is 11.4. The number of carbonyl (C=O) groups excluding carboxylic acids is 2. The summed E-state index contributed by atoms with van der Waals surface area (Å²) in [5.74, 6) is -1.16. The minimum atomic E-state index is -3.54. The van der Waals surface area contributed by atoms with Crippen molar-refractivity contribution >= 4 is 38.4 Å². The Bertz CT molecular complexity index is 1210. The van der Waals surface area contributed by atoms with Gasteiger partial charge < -0.3 is 10.1 Å². The molecule has 1 aliphatic heterocycles. The third kappa shape index (κ3) is 4.60. The summed E-state index contributed by atoms with van der Waals surface area (Å²) in [4.78, 5) is 24.7. The molecule has 0 spiro atoms. The van der Waals surface area contributed by atoms with Crippen molar-refractivity contribution < 1.29 is 22.7 Å². The van der Waals surface area contributed by atoms with Crippen LogP contribution in [0.25, 0.3) is 10.8 Å². The molecular weight excluding hydrogens is 416 g/mol. The SMILES string of the molecule is O=C(COC(=O)c1ccc(S(=O)(=O)N2CCCC2)cc1)Nc1cccc2ccccc12. The van der Waals surface area contributed by atoms with Gasteiger partial charge >= 0.3 is 5.97 Å². The summed E-state index contributed by atoms with van der Waals surface area (Å²) in [6.45, 7) is 0.575. The lowest BCUT2D eigenvalue weighted by atomic mass is 10.1. The predicted molar refractivity (Wildman–Crippen MR) is 117 cm³/mol. The quantitative estimate of drug-likeness (QED) is 0.596. The molecule has 3 aromatic rings. The van der Waals surface area contributed by atoms with Crippen LogP contribution in [0.3, 0.4) is 0 Å². The Hall–Kier alpha value is -3.23. The van der Waals surface area contributed by atoms with Gasteiger partial charge in [0, 0.05) is 24.2 Å². The van der Waals surface area contributed by atoms with Gasteiger partial charge in [-0.05, 0) is 48.6 Å². The van der Waals surface area contributed by atoms with Gasteiger partial charge in [-0.1, -0.05) is 36.4 Å². The summed E-state index contributed by atoms with van der Waals surface area (Å²) in [7, 11) is -3.54. The lowest BCUT2D eigenvalue weighted by molar-refractivity contribution is -0.119. The van der Waals surface area contributed by atoms with Gasteiger partial charge in [0.1, 0.15) is 0 Å². The molecule has 0 radical (unpaired) electrons. The molecule has 0 saturated carbocycles. The number of esters is 1. The van der Waals surface area contributed by atoms with Crippen LogP contribution in [0.15, 0.2) is 71.6 Å². The summed E-state index contributed by atoms with van der Waals surface area (Å²) in [5, 5.41) is 4.63. The Kier molecular flexibility index (Phi) is 6.01. The van der Waals surface area contributed by atoms with E-state index in [4.69, 9.17) is 4.74 Å². The van der Waals surface area contributed by atoms with Crippen LogP contribution >= 0.6 is 0 Å². The lowest BCUT2D eigenvalue weighted by Crippen LogP contribution is -2.27. The Labute approximate surface area is 180 Å². The summed E-state index contributed by atoms with van der Waals surface area (Å²) >= 11 is 0. The highest BCUT2D eigenvalue weighted by molar-refractivity contribution is 7.89. The van der Waals surface area contributed by atoms with E-state index in [1.165, 1.54) is 28.6 Å². The van der Waals surface area contributed by atoms with Crippen LogP contribution in [-0.2, 0) is 19.6 Å². The maximum absolute atomic E-state index is 12.6.